The Labute approximate surface area is 91.1 Å². The second kappa shape index (κ2) is 4.21. The van der Waals surface area contributed by atoms with Crippen LogP contribution < -0.4 is 5.73 Å². The summed E-state index contributed by atoms with van der Waals surface area (Å²) in [5.74, 6) is -1.03. The molecule has 1 aliphatic rings. The van der Waals surface area contributed by atoms with Crippen LogP contribution in [0.4, 0.5) is 5.69 Å². The second-order valence-corrected chi connectivity index (χ2v) is 3.41. The molecule has 0 bridgehead atoms. The highest BCUT2D eigenvalue weighted by Gasteiger charge is 2.30. The lowest BCUT2D eigenvalue weighted by Crippen LogP contribution is -2.25. The van der Waals surface area contributed by atoms with E-state index in [-0.39, 0.29) is 6.54 Å². The van der Waals surface area contributed by atoms with Crippen LogP contribution in [0, 0.1) is 0 Å². The molecule has 1 fully saturated rings. The van der Waals surface area contributed by atoms with E-state index in [1.165, 1.54) is 17.1 Å². The van der Waals surface area contributed by atoms with E-state index < -0.39 is 18.0 Å². The predicted molar refractivity (Wildman–Crippen MR) is 52.1 cm³/mol. The highest BCUT2D eigenvalue weighted by atomic mass is 16.6. The maximum atomic E-state index is 11.4. The molecule has 0 radical (unpaired) electrons. The van der Waals surface area contributed by atoms with Gasteiger partial charge in [-0.3, -0.25) is 9.48 Å². The van der Waals surface area contributed by atoms with Crippen molar-refractivity contribution in [2.45, 2.75) is 19.1 Å². The normalized spacial score (nSPS) is 19.5. The molecule has 0 spiro atoms. The summed E-state index contributed by atoms with van der Waals surface area (Å²) in [6.07, 6.45) is 2.57. The number of ether oxygens (including phenoxy) is 2. The number of anilines is 1. The van der Waals surface area contributed by atoms with Crippen LogP contribution >= 0.6 is 0 Å². The fourth-order valence-electron chi connectivity index (χ4n) is 1.38. The van der Waals surface area contributed by atoms with Gasteiger partial charge in [-0.1, -0.05) is 0 Å². The summed E-state index contributed by atoms with van der Waals surface area (Å²) < 4.78 is 10.9. The first kappa shape index (κ1) is 10.5. The van der Waals surface area contributed by atoms with Crippen LogP contribution in [0.1, 0.15) is 6.42 Å². The van der Waals surface area contributed by atoms with E-state index in [0.29, 0.717) is 18.7 Å². The van der Waals surface area contributed by atoms with Gasteiger partial charge in [0.1, 0.15) is 6.54 Å². The molecule has 0 amide bonds. The first-order valence-electron chi connectivity index (χ1n) is 4.79. The lowest BCUT2D eigenvalue weighted by atomic mass is 10.3. The summed E-state index contributed by atoms with van der Waals surface area (Å²) in [4.78, 5) is 22.4. The van der Waals surface area contributed by atoms with Crippen molar-refractivity contribution in [3.63, 3.8) is 0 Å². The van der Waals surface area contributed by atoms with Gasteiger partial charge in [0.2, 0.25) is 6.10 Å². The minimum Gasteiger partial charge on any atom is -0.463 e. The van der Waals surface area contributed by atoms with E-state index in [4.69, 9.17) is 10.5 Å². The molecule has 2 rings (SSSR count). The molecule has 7 nitrogen and oxygen atoms in total. The van der Waals surface area contributed by atoms with Crippen molar-refractivity contribution in [1.29, 1.82) is 0 Å². The summed E-state index contributed by atoms with van der Waals surface area (Å²) in [7, 11) is 0. The molecule has 1 saturated heterocycles. The van der Waals surface area contributed by atoms with Gasteiger partial charge in [-0.2, -0.15) is 5.10 Å². The third-order valence-electron chi connectivity index (χ3n) is 2.11. The molecule has 16 heavy (non-hydrogen) atoms. The second-order valence-electron chi connectivity index (χ2n) is 3.41. The van der Waals surface area contributed by atoms with Gasteiger partial charge in [-0.25, -0.2) is 4.79 Å². The summed E-state index contributed by atoms with van der Waals surface area (Å²) in [5, 5.41) is 3.82. The number of nitrogens with zero attached hydrogens (tertiary/aromatic N) is 2. The molecule has 86 valence electrons. The third-order valence-corrected chi connectivity index (χ3v) is 2.11. The van der Waals surface area contributed by atoms with Crippen molar-refractivity contribution in [3.05, 3.63) is 12.4 Å². The van der Waals surface area contributed by atoms with Gasteiger partial charge >= 0.3 is 11.9 Å². The topological polar surface area (TPSA) is 96.4 Å². The van der Waals surface area contributed by atoms with Crippen LogP contribution in [0.2, 0.25) is 0 Å². The smallest absolute Gasteiger partial charge is 0.347 e. The highest BCUT2D eigenvalue weighted by Crippen LogP contribution is 2.10. The van der Waals surface area contributed by atoms with E-state index in [1.54, 1.807) is 0 Å². The van der Waals surface area contributed by atoms with E-state index >= 15 is 0 Å². The van der Waals surface area contributed by atoms with Gasteiger partial charge in [0, 0.05) is 12.6 Å². The monoisotopic (exact) mass is 225 g/mol. The van der Waals surface area contributed by atoms with E-state index in [0.717, 1.165) is 0 Å². The van der Waals surface area contributed by atoms with Crippen molar-refractivity contribution in [2.75, 3.05) is 12.3 Å². The van der Waals surface area contributed by atoms with Gasteiger partial charge in [-0.15, -0.1) is 0 Å². The Kier molecular flexibility index (Phi) is 2.76. The molecule has 0 aromatic carbocycles. The largest absolute Gasteiger partial charge is 0.463 e. The zero-order valence-electron chi connectivity index (χ0n) is 8.46. The molecule has 1 unspecified atom stereocenters. The Morgan fingerprint density at radius 2 is 2.56 bits per heavy atom. The molecular formula is C9H11N3O4. The summed E-state index contributed by atoms with van der Waals surface area (Å²) in [5.41, 5.74) is 5.90. The van der Waals surface area contributed by atoms with Crippen LogP contribution in [0.15, 0.2) is 12.4 Å². The van der Waals surface area contributed by atoms with Crippen molar-refractivity contribution < 1.29 is 19.1 Å². The number of aromatic nitrogens is 2. The van der Waals surface area contributed by atoms with Crippen molar-refractivity contribution >= 4 is 17.6 Å². The van der Waals surface area contributed by atoms with Gasteiger partial charge in [0.15, 0.2) is 0 Å². The van der Waals surface area contributed by atoms with E-state index in [9.17, 15) is 9.59 Å². The zero-order chi connectivity index (χ0) is 11.5. The number of rotatable bonds is 3. The number of hydrogen-bond acceptors (Lipinski definition) is 6. The lowest BCUT2D eigenvalue weighted by molar-refractivity contribution is -0.160. The standard InChI is InChI=1S/C9H11N3O4/c10-6-3-11-12(4-6)5-8(13)16-7-1-2-15-9(7)14/h3-4,7H,1-2,5,10H2. The molecule has 2 N–H and O–H groups in total. The van der Waals surface area contributed by atoms with Gasteiger partial charge in [-0.05, 0) is 0 Å². The highest BCUT2D eigenvalue weighted by molar-refractivity contribution is 5.80. The van der Waals surface area contributed by atoms with Gasteiger partial charge < -0.3 is 15.2 Å². The van der Waals surface area contributed by atoms with Crippen molar-refractivity contribution in [2.24, 2.45) is 0 Å². The Hall–Kier alpha value is -2.05. The fourth-order valence-corrected chi connectivity index (χ4v) is 1.38. The molecular weight excluding hydrogens is 214 g/mol. The molecule has 1 aromatic heterocycles. The summed E-state index contributed by atoms with van der Waals surface area (Å²) in [6, 6.07) is 0. The number of hydrogen-bond donors (Lipinski definition) is 1. The molecule has 2 heterocycles. The third kappa shape index (κ3) is 2.30. The summed E-state index contributed by atoms with van der Waals surface area (Å²) >= 11 is 0. The number of nitrogens with two attached hydrogens (primary N) is 1. The molecule has 0 saturated carbocycles. The molecule has 1 aromatic rings. The number of carbonyl (C=O) groups excluding carboxylic acids is 2. The van der Waals surface area contributed by atoms with Gasteiger partial charge in [0.05, 0.1) is 18.5 Å². The minimum atomic E-state index is -0.777. The van der Waals surface area contributed by atoms with Gasteiger partial charge in [0.25, 0.3) is 0 Å². The Morgan fingerprint density at radius 3 is 3.12 bits per heavy atom. The van der Waals surface area contributed by atoms with Crippen molar-refractivity contribution in [3.8, 4) is 0 Å². The van der Waals surface area contributed by atoms with E-state index in [1.807, 2.05) is 0 Å². The van der Waals surface area contributed by atoms with E-state index in [2.05, 4.69) is 9.84 Å². The molecule has 1 aliphatic heterocycles. The van der Waals surface area contributed by atoms with Crippen molar-refractivity contribution in [1.82, 2.24) is 9.78 Å². The Bertz CT molecular complexity index is 415. The average Bonchev–Trinajstić information content (AvgIpc) is 2.77. The predicted octanol–water partition coefficient (Wildman–Crippen LogP) is -0.676. The lowest BCUT2D eigenvalue weighted by Gasteiger charge is -2.07. The maximum absolute atomic E-state index is 11.4. The Morgan fingerprint density at radius 1 is 1.75 bits per heavy atom. The quantitative estimate of drug-likeness (QED) is 0.685. The first-order valence-corrected chi connectivity index (χ1v) is 4.79. The summed E-state index contributed by atoms with van der Waals surface area (Å²) in [6.45, 7) is 0.229. The minimum absolute atomic E-state index is 0.0685. The number of esters is 2. The molecule has 0 aliphatic carbocycles. The van der Waals surface area contributed by atoms with Crippen LogP contribution in [0.25, 0.3) is 0 Å². The first-order chi connectivity index (χ1) is 7.65. The maximum Gasteiger partial charge on any atom is 0.347 e. The number of nitrogen functional groups attached to an aromatic ring is 1. The van der Waals surface area contributed by atoms with Crippen LogP contribution in [-0.2, 0) is 25.6 Å². The Balaban J connectivity index is 1.86. The van der Waals surface area contributed by atoms with Crippen LogP contribution in [-0.4, -0.2) is 34.4 Å². The number of carbonyl (C=O) groups is 2. The fraction of sp³-hybridized carbons (Fsp3) is 0.444. The van der Waals surface area contributed by atoms with Crippen LogP contribution in [0.3, 0.4) is 0 Å². The van der Waals surface area contributed by atoms with Crippen LogP contribution in [0.5, 0.6) is 0 Å². The average molecular weight is 225 g/mol. The molecule has 1 atom stereocenters. The number of cyclic esters (lactones) is 1. The molecule has 7 heteroatoms. The SMILES string of the molecule is Nc1cnn(CC(=O)OC2CCOC2=O)c1. The zero-order valence-corrected chi connectivity index (χ0v) is 8.46.